The molecule has 4 aromatic rings. The number of nitrogens with one attached hydrogen (secondary N) is 2. The minimum atomic E-state index is -0.383. The van der Waals surface area contributed by atoms with Crippen LogP contribution < -0.4 is 15.4 Å². The molecular weight excluding hydrogens is 382 g/mol. The van der Waals surface area contributed by atoms with Crippen LogP contribution in [0.5, 0.6) is 5.75 Å². The molecule has 2 N–H and O–H groups in total. The molecule has 2 heterocycles. The zero-order valence-corrected chi connectivity index (χ0v) is 16.4. The Kier molecular flexibility index (Phi) is 5.13. The number of aromatic nitrogens is 3. The number of nitrogens with zero attached hydrogens (tertiary/aromatic N) is 3. The second-order valence-electron chi connectivity index (χ2n) is 6.47. The molecule has 0 spiro atoms. The van der Waals surface area contributed by atoms with Crippen molar-refractivity contribution in [3.05, 3.63) is 78.2 Å². The average molecular weight is 401 g/mol. The van der Waals surface area contributed by atoms with E-state index in [1.54, 1.807) is 37.6 Å². The normalized spacial score (nSPS) is 10.6. The molecule has 2 amide bonds. The van der Waals surface area contributed by atoms with Gasteiger partial charge in [0.1, 0.15) is 17.6 Å². The van der Waals surface area contributed by atoms with Gasteiger partial charge in [-0.2, -0.15) is 0 Å². The summed E-state index contributed by atoms with van der Waals surface area (Å²) in [6.07, 6.45) is 3.17. The van der Waals surface area contributed by atoms with E-state index < -0.39 is 0 Å². The highest BCUT2D eigenvalue weighted by Crippen LogP contribution is 2.26. The van der Waals surface area contributed by atoms with Gasteiger partial charge in [0.25, 0.3) is 11.8 Å². The lowest BCUT2D eigenvalue weighted by atomic mass is 10.1. The Hall–Kier alpha value is -4.20. The number of anilines is 1. The van der Waals surface area contributed by atoms with Gasteiger partial charge < -0.3 is 15.4 Å². The fourth-order valence-corrected chi connectivity index (χ4v) is 3.09. The number of pyridine rings is 1. The Bertz CT molecular complexity index is 1230. The molecule has 0 aliphatic rings. The van der Waals surface area contributed by atoms with Gasteiger partial charge in [-0.15, -0.1) is 0 Å². The van der Waals surface area contributed by atoms with Crippen molar-refractivity contribution >= 4 is 28.7 Å². The molecule has 2 aromatic carbocycles. The summed E-state index contributed by atoms with van der Waals surface area (Å²) >= 11 is 0. The Labute approximate surface area is 172 Å². The molecule has 30 heavy (non-hydrogen) atoms. The predicted octanol–water partition coefficient (Wildman–Crippen LogP) is 3.04. The molecule has 0 unspecified atom stereocenters. The molecule has 8 heteroatoms. The minimum absolute atomic E-state index is 0.261. The fraction of sp³-hybridized carbons (Fsp3) is 0.0909. The second-order valence-corrected chi connectivity index (χ2v) is 6.47. The van der Waals surface area contributed by atoms with E-state index in [1.165, 1.54) is 13.3 Å². The van der Waals surface area contributed by atoms with Crippen LogP contribution in [0.2, 0.25) is 0 Å². The van der Waals surface area contributed by atoms with Crippen LogP contribution in [0.25, 0.3) is 16.9 Å². The molecular formula is C22H19N5O3. The second kappa shape index (κ2) is 8.04. The number of amides is 2. The maximum atomic E-state index is 12.8. The highest BCUT2D eigenvalue weighted by atomic mass is 16.5. The van der Waals surface area contributed by atoms with Crippen molar-refractivity contribution < 1.29 is 14.3 Å². The number of carbonyl (C=O) groups is 2. The lowest BCUT2D eigenvalue weighted by Crippen LogP contribution is -2.19. The largest absolute Gasteiger partial charge is 0.495 e. The highest BCUT2D eigenvalue weighted by molar-refractivity contribution is 6.07. The molecule has 8 nitrogen and oxygen atoms in total. The molecule has 0 radical (unpaired) electrons. The lowest BCUT2D eigenvalue weighted by molar-refractivity contribution is 0.0961. The lowest BCUT2D eigenvalue weighted by Gasteiger charge is -2.12. The van der Waals surface area contributed by atoms with Crippen molar-refractivity contribution in [2.24, 2.45) is 0 Å². The molecule has 0 bridgehead atoms. The molecule has 0 saturated carbocycles. The number of ether oxygens (including phenoxy) is 1. The highest BCUT2D eigenvalue weighted by Gasteiger charge is 2.15. The maximum Gasteiger partial charge on any atom is 0.257 e. The van der Waals surface area contributed by atoms with Crippen LogP contribution in [-0.2, 0) is 0 Å². The van der Waals surface area contributed by atoms with Crippen LogP contribution in [0, 0.1) is 0 Å². The number of methoxy groups -OCH3 is 1. The van der Waals surface area contributed by atoms with E-state index in [1.807, 2.05) is 34.9 Å². The van der Waals surface area contributed by atoms with E-state index in [0.717, 1.165) is 5.69 Å². The van der Waals surface area contributed by atoms with Crippen molar-refractivity contribution in [2.45, 2.75) is 0 Å². The molecule has 0 atom stereocenters. The Morgan fingerprint density at radius 3 is 2.50 bits per heavy atom. The van der Waals surface area contributed by atoms with Gasteiger partial charge >= 0.3 is 0 Å². The number of para-hydroxylation sites is 1. The van der Waals surface area contributed by atoms with Crippen LogP contribution in [0.1, 0.15) is 20.7 Å². The number of rotatable bonds is 5. The molecule has 0 fully saturated rings. The standard InChI is InChI=1S/C22H19N5O3/c1-23-21(28)14-8-9-19(30-2)17(10-14)26-22(29)15-11-18-20(24-12-15)27(13-25-18)16-6-4-3-5-7-16/h3-13H,1-2H3,(H,23,28)(H,26,29). The van der Waals surface area contributed by atoms with Crippen molar-refractivity contribution in [3.8, 4) is 11.4 Å². The van der Waals surface area contributed by atoms with E-state index >= 15 is 0 Å². The Morgan fingerprint density at radius 1 is 0.967 bits per heavy atom. The SMILES string of the molecule is CNC(=O)c1ccc(OC)c(NC(=O)c2cnc3c(c2)ncn3-c2ccccc2)c1. The number of fused-ring (bicyclic) bond motifs is 1. The van der Waals surface area contributed by atoms with Crippen LogP contribution in [0.3, 0.4) is 0 Å². The van der Waals surface area contributed by atoms with Crippen molar-refractivity contribution in [1.29, 1.82) is 0 Å². The number of hydrogen-bond donors (Lipinski definition) is 2. The quantitative estimate of drug-likeness (QED) is 0.536. The Balaban J connectivity index is 1.63. The van der Waals surface area contributed by atoms with Crippen molar-refractivity contribution in [3.63, 3.8) is 0 Å². The van der Waals surface area contributed by atoms with Gasteiger partial charge in [-0.05, 0) is 36.4 Å². The van der Waals surface area contributed by atoms with Crippen LogP contribution in [0.4, 0.5) is 5.69 Å². The van der Waals surface area contributed by atoms with Gasteiger partial charge in [0.2, 0.25) is 0 Å². The van der Waals surface area contributed by atoms with Gasteiger partial charge in [-0.1, -0.05) is 18.2 Å². The van der Waals surface area contributed by atoms with Crippen LogP contribution >= 0.6 is 0 Å². The van der Waals surface area contributed by atoms with Crippen LogP contribution in [0.15, 0.2) is 67.1 Å². The van der Waals surface area contributed by atoms with Gasteiger partial charge in [-0.25, -0.2) is 9.97 Å². The monoisotopic (exact) mass is 401 g/mol. The van der Waals surface area contributed by atoms with E-state index in [0.29, 0.717) is 33.7 Å². The predicted molar refractivity (Wildman–Crippen MR) is 113 cm³/mol. The van der Waals surface area contributed by atoms with Crippen molar-refractivity contribution in [1.82, 2.24) is 19.9 Å². The number of imidazole rings is 1. The Morgan fingerprint density at radius 2 is 1.77 bits per heavy atom. The smallest absolute Gasteiger partial charge is 0.257 e. The van der Waals surface area contributed by atoms with E-state index in [4.69, 9.17) is 4.74 Å². The van der Waals surface area contributed by atoms with E-state index in [9.17, 15) is 9.59 Å². The van der Waals surface area contributed by atoms with E-state index in [-0.39, 0.29) is 11.8 Å². The third-order valence-electron chi connectivity index (χ3n) is 4.62. The van der Waals surface area contributed by atoms with Gasteiger partial charge in [-0.3, -0.25) is 14.2 Å². The molecule has 4 rings (SSSR count). The van der Waals surface area contributed by atoms with Gasteiger partial charge in [0.05, 0.1) is 18.4 Å². The topological polar surface area (TPSA) is 98.1 Å². The first-order chi connectivity index (χ1) is 14.6. The molecule has 0 saturated heterocycles. The molecule has 0 aliphatic carbocycles. The summed E-state index contributed by atoms with van der Waals surface area (Å²) in [5.41, 5.74) is 3.31. The summed E-state index contributed by atoms with van der Waals surface area (Å²) in [5.74, 6) is -0.202. The number of carbonyl (C=O) groups excluding carboxylic acids is 2. The zero-order valence-electron chi connectivity index (χ0n) is 16.4. The van der Waals surface area contributed by atoms with Crippen LogP contribution in [-0.4, -0.2) is 40.5 Å². The third kappa shape index (κ3) is 3.58. The van der Waals surface area contributed by atoms with Gasteiger partial charge in [0.15, 0.2) is 5.65 Å². The summed E-state index contributed by atoms with van der Waals surface area (Å²) in [4.78, 5) is 33.5. The number of benzene rings is 2. The zero-order chi connectivity index (χ0) is 21.1. The summed E-state index contributed by atoms with van der Waals surface area (Å²) in [6.45, 7) is 0. The summed E-state index contributed by atoms with van der Waals surface area (Å²) in [7, 11) is 3.04. The molecule has 2 aromatic heterocycles. The third-order valence-corrected chi connectivity index (χ3v) is 4.62. The molecule has 150 valence electrons. The van der Waals surface area contributed by atoms with Crippen molar-refractivity contribution in [2.75, 3.05) is 19.5 Å². The van der Waals surface area contributed by atoms with Gasteiger partial charge in [0, 0.05) is 24.5 Å². The van der Waals surface area contributed by atoms with E-state index in [2.05, 4.69) is 20.6 Å². The number of hydrogen-bond acceptors (Lipinski definition) is 5. The minimum Gasteiger partial charge on any atom is -0.495 e. The summed E-state index contributed by atoms with van der Waals surface area (Å²) in [6, 6.07) is 16.2. The fourth-order valence-electron chi connectivity index (χ4n) is 3.09. The maximum absolute atomic E-state index is 12.8. The first-order valence-electron chi connectivity index (χ1n) is 9.20. The summed E-state index contributed by atoms with van der Waals surface area (Å²) in [5, 5.41) is 5.34. The first-order valence-corrected chi connectivity index (χ1v) is 9.20. The first kappa shape index (κ1) is 19.1. The average Bonchev–Trinajstić information content (AvgIpc) is 3.22. The summed E-state index contributed by atoms with van der Waals surface area (Å²) < 4.78 is 7.15. The molecule has 0 aliphatic heterocycles.